The minimum Gasteiger partial charge on any atom is -0.480 e. The van der Waals surface area contributed by atoms with Crippen molar-refractivity contribution in [2.75, 3.05) is 19.0 Å². The molecule has 1 aromatic carbocycles. The Morgan fingerprint density at radius 1 is 1.30 bits per heavy atom. The molecule has 7 heteroatoms. The van der Waals surface area contributed by atoms with Crippen LogP contribution < -0.4 is 16.0 Å². The lowest BCUT2D eigenvalue weighted by atomic mass is 10.1. The molecule has 0 spiro atoms. The summed E-state index contributed by atoms with van der Waals surface area (Å²) in [5, 5.41) is 11.3. The maximum absolute atomic E-state index is 12.1. The number of carboxylic acids is 1. The van der Waals surface area contributed by atoms with Crippen molar-refractivity contribution in [2.24, 2.45) is 5.73 Å². The van der Waals surface area contributed by atoms with E-state index in [1.807, 2.05) is 0 Å². The van der Waals surface area contributed by atoms with Crippen LogP contribution in [0.5, 0.6) is 0 Å². The minimum atomic E-state index is -1.34. The van der Waals surface area contributed by atoms with Gasteiger partial charge in [0.2, 0.25) is 5.91 Å². The van der Waals surface area contributed by atoms with E-state index in [0.717, 1.165) is 0 Å². The number of primary amides is 1. The predicted molar refractivity (Wildman–Crippen MR) is 73.5 cm³/mol. The van der Waals surface area contributed by atoms with E-state index in [9.17, 15) is 14.4 Å². The molecule has 0 heterocycles. The molecule has 1 rings (SSSR count). The quantitative estimate of drug-likeness (QED) is 0.668. The van der Waals surface area contributed by atoms with Crippen LogP contribution in [0.2, 0.25) is 0 Å². The molecule has 0 saturated carbocycles. The van der Waals surface area contributed by atoms with Gasteiger partial charge in [-0.3, -0.25) is 9.59 Å². The van der Waals surface area contributed by atoms with Crippen LogP contribution in [0.25, 0.3) is 0 Å². The van der Waals surface area contributed by atoms with E-state index in [4.69, 9.17) is 10.8 Å². The Kier molecular flexibility index (Phi) is 5.08. The second kappa shape index (κ2) is 6.55. The summed E-state index contributed by atoms with van der Waals surface area (Å²) in [6, 6.07) is 5.41. The van der Waals surface area contributed by atoms with Crippen LogP contribution in [0.1, 0.15) is 16.8 Å². The van der Waals surface area contributed by atoms with Crippen LogP contribution in [0, 0.1) is 0 Å². The molecule has 0 aliphatic heterocycles. The largest absolute Gasteiger partial charge is 0.480 e. The maximum atomic E-state index is 12.1. The Morgan fingerprint density at radius 2 is 1.90 bits per heavy atom. The second-order valence-corrected chi connectivity index (χ2v) is 4.45. The number of carbonyl (C=O) groups is 3. The van der Waals surface area contributed by atoms with Crippen LogP contribution in [-0.2, 0) is 9.59 Å². The van der Waals surface area contributed by atoms with Gasteiger partial charge in [0.05, 0.1) is 12.0 Å². The molecule has 1 unspecified atom stereocenters. The first-order valence-electron chi connectivity index (χ1n) is 5.91. The second-order valence-electron chi connectivity index (χ2n) is 4.45. The Bertz CT molecular complexity index is 528. The smallest absolute Gasteiger partial charge is 0.326 e. The third kappa shape index (κ3) is 3.98. The highest BCUT2D eigenvalue weighted by atomic mass is 16.4. The molecular weight excluding hydrogens is 262 g/mol. The molecule has 1 atom stereocenters. The SMILES string of the molecule is CN(C)c1ccccc1C(=O)NC(CC(N)=O)C(=O)O. The van der Waals surface area contributed by atoms with Gasteiger partial charge in [-0.15, -0.1) is 0 Å². The molecule has 0 saturated heterocycles. The first-order valence-corrected chi connectivity index (χ1v) is 5.91. The zero-order valence-electron chi connectivity index (χ0n) is 11.3. The molecular formula is C13H17N3O4. The molecule has 0 aromatic heterocycles. The number of anilines is 1. The van der Waals surface area contributed by atoms with E-state index in [2.05, 4.69) is 5.32 Å². The van der Waals surface area contributed by atoms with Gasteiger partial charge in [-0.05, 0) is 12.1 Å². The Balaban J connectivity index is 2.95. The first-order chi connectivity index (χ1) is 9.32. The number of amides is 2. The van der Waals surface area contributed by atoms with Gasteiger partial charge in [-0.25, -0.2) is 4.79 Å². The van der Waals surface area contributed by atoms with Crippen molar-refractivity contribution in [2.45, 2.75) is 12.5 Å². The molecule has 0 aliphatic rings. The Hall–Kier alpha value is -2.57. The minimum absolute atomic E-state index is 0.327. The third-order valence-electron chi connectivity index (χ3n) is 2.64. The lowest BCUT2D eigenvalue weighted by Crippen LogP contribution is -2.43. The highest BCUT2D eigenvalue weighted by molar-refractivity contribution is 6.01. The van der Waals surface area contributed by atoms with Crippen LogP contribution in [0.3, 0.4) is 0 Å². The van der Waals surface area contributed by atoms with E-state index in [1.54, 1.807) is 43.3 Å². The normalized spacial score (nSPS) is 11.5. The maximum Gasteiger partial charge on any atom is 0.326 e. The van der Waals surface area contributed by atoms with Gasteiger partial charge in [0, 0.05) is 19.8 Å². The zero-order valence-corrected chi connectivity index (χ0v) is 11.3. The zero-order chi connectivity index (χ0) is 15.3. The number of nitrogens with two attached hydrogens (primary N) is 1. The van der Waals surface area contributed by atoms with Gasteiger partial charge in [0.25, 0.3) is 5.91 Å². The van der Waals surface area contributed by atoms with Crippen LogP contribution in [-0.4, -0.2) is 43.0 Å². The molecule has 108 valence electrons. The summed E-state index contributed by atoms with van der Waals surface area (Å²) >= 11 is 0. The highest BCUT2D eigenvalue weighted by Gasteiger charge is 2.23. The molecule has 4 N–H and O–H groups in total. The van der Waals surface area contributed by atoms with Crippen molar-refractivity contribution in [3.05, 3.63) is 29.8 Å². The third-order valence-corrected chi connectivity index (χ3v) is 2.64. The summed E-state index contributed by atoms with van der Waals surface area (Å²) in [5.74, 6) is -2.67. The average Bonchev–Trinajstić information content (AvgIpc) is 2.37. The molecule has 1 aromatic rings. The fraction of sp³-hybridized carbons (Fsp3) is 0.308. The monoisotopic (exact) mass is 279 g/mol. The fourth-order valence-electron chi connectivity index (χ4n) is 1.69. The summed E-state index contributed by atoms with van der Waals surface area (Å²) in [6.45, 7) is 0. The van der Waals surface area contributed by atoms with Gasteiger partial charge in [0.15, 0.2) is 0 Å². The van der Waals surface area contributed by atoms with Gasteiger partial charge >= 0.3 is 5.97 Å². The number of carboxylic acid groups (broad SMARTS) is 1. The fourth-order valence-corrected chi connectivity index (χ4v) is 1.69. The molecule has 2 amide bonds. The molecule has 0 aliphatic carbocycles. The first kappa shape index (κ1) is 15.5. The van der Waals surface area contributed by atoms with Crippen LogP contribution in [0.15, 0.2) is 24.3 Å². The van der Waals surface area contributed by atoms with E-state index < -0.39 is 30.2 Å². The van der Waals surface area contributed by atoms with Crippen molar-refractivity contribution in [1.82, 2.24) is 5.32 Å². The Labute approximate surface area is 116 Å². The topological polar surface area (TPSA) is 113 Å². The number of hydrogen-bond acceptors (Lipinski definition) is 4. The van der Waals surface area contributed by atoms with Crippen molar-refractivity contribution >= 4 is 23.5 Å². The summed E-state index contributed by atoms with van der Waals surface area (Å²) < 4.78 is 0. The van der Waals surface area contributed by atoms with Crippen LogP contribution in [0.4, 0.5) is 5.69 Å². The number of aliphatic carboxylic acids is 1. The van der Waals surface area contributed by atoms with E-state index in [1.165, 1.54) is 0 Å². The van der Waals surface area contributed by atoms with Gasteiger partial charge in [-0.2, -0.15) is 0 Å². The number of benzene rings is 1. The number of para-hydroxylation sites is 1. The van der Waals surface area contributed by atoms with Crippen molar-refractivity contribution in [3.63, 3.8) is 0 Å². The number of rotatable bonds is 6. The average molecular weight is 279 g/mol. The number of nitrogens with zero attached hydrogens (tertiary/aromatic N) is 1. The number of carbonyl (C=O) groups excluding carboxylic acids is 2. The lowest BCUT2D eigenvalue weighted by Gasteiger charge is -2.18. The highest BCUT2D eigenvalue weighted by Crippen LogP contribution is 2.17. The van der Waals surface area contributed by atoms with Crippen molar-refractivity contribution in [1.29, 1.82) is 0 Å². The van der Waals surface area contributed by atoms with E-state index in [0.29, 0.717) is 11.3 Å². The van der Waals surface area contributed by atoms with Gasteiger partial charge in [-0.1, -0.05) is 12.1 Å². The molecule has 0 bridgehead atoms. The van der Waals surface area contributed by atoms with Crippen LogP contribution >= 0.6 is 0 Å². The standard InChI is InChI=1S/C13H17N3O4/c1-16(2)10-6-4-3-5-8(10)12(18)15-9(13(19)20)7-11(14)17/h3-6,9H,7H2,1-2H3,(H2,14,17)(H,15,18)(H,19,20). The number of hydrogen-bond donors (Lipinski definition) is 3. The molecule has 0 radical (unpaired) electrons. The van der Waals surface area contributed by atoms with Gasteiger partial charge in [0.1, 0.15) is 6.04 Å². The summed E-state index contributed by atoms with van der Waals surface area (Å²) in [7, 11) is 3.54. The van der Waals surface area contributed by atoms with E-state index in [-0.39, 0.29) is 0 Å². The van der Waals surface area contributed by atoms with Crippen molar-refractivity contribution < 1.29 is 19.5 Å². The Morgan fingerprint density at radius 3 is 2.40 bits per heavy atom. The number of nitrogens with one attached hydrogen (secondary N) is 1. The predicted octanol–water partition coefficient (Wildman–Crippen LogP) is -0.189. The van der Waals surface area contributed by atoms with E-state index >= 15 is 0 Å². The lowest BCUT2D eigenvalue weighted by molar-refractivity contribution is -0.140. The molecule has 7 nitrogen and oxygen atoms in total. The summed E-state index contributed by atoms with van der Waals surface area (Å²) in [5.41, 5.74) is 5.94. The summed E-state index contributed by atoms with van der Waals surface area (Å²) in [6.07, 6.45) is -0.453. The summed E-state index contributed by atoms with van der Waals surface area (Å²) in [4.78, 5) is 35.6. The van der Waals surface area contributed by atoms with Gasteiger partial charge < -0.3 is 21.1 Å². The molecule has 20 heavy (non-hydrogen) atoms. The van der Waals surface area contributed by atoms with Crippen molar-refractivity contribution in [3.8, 4) is 0 Å². The molecule has 0 fully saturated rings.